The molecule has 9 heteroatoms. The lowest BCUT2D eigenvalue weighted by atomic mass is 10.1. The van der Waals surface area contributed by atoms with Crippen molar-refractivity contribution < 1.29 is 28.7 Å². The van der Waals surface area contributed by atoms with Crippen molar-refractivity contribution in [2.24, 2.45) is 5.92 Å². The van der Waals surface area contributed by atoms with E-state index in [1.54, 1.807) is 12.1 Å². The summed E-state index contributed by atoms with van der Waals surface area (Å²) >= 11 is 0. The maximum Gasteiger partial charge on any atom is 0.321 e. The summed E-state index contributed by atoms with van der Waals surface area (Å²) < 4.78 is 10.2. The second kappa shape index (κ2) is 8.32. The molecule has 0 saturated carbocycles. The largest absolute Gasteiger partial charge is 0.495 e. The summed E-state index contributed by atoms with van der Waals surface area (Å²) in [6.45, 7) is 1.43. The highest BCUT2D eigenvalue weighted by Gasteiger charge is 2.37. The fourth-order valence-corrected chi connectivity index (χ4v) is 2.59. The normalized spacial score (nSPS) is 16.2. The average Bonchev–Trinajstić information content (AvgIpc) is 3.01. The Balaban J connectivity index is 1.99. The van der Waals surface area contributed by atoms with Gasteiger partial charge in [0.15, 0.2) is 6.61 Å². The molecule has 0 aromatic heterocycles. The van der Waals surface area contributed by atoms with E-state index in [0.717, 1.165) is 5.56 Å². The third kappa shape index (κ3) is 4.50. The van der Waals surface area contributed by atoms with E-state index < -0.39 is 30.4 Å². The van der Waals surface area contributed by atoms with Gasteiger partial charge >= 0.3 is 12.0 Å². The van der Waals surface area contributed by atoms with E-state index in [2.05, 4.69) is 5.32 Å². The first-order valence-corrected chi connectivity index (χ1v) is 7.99. The van der Waals surface area contributed by atoms with Crippen molar-refractivity contribution in [1.82, 2.24) is 10.6 Å². The van der Waals surface area contributed by atoms with Crippen LogP contribution in [0.15, 0.2) is 18.2 Å². The van der Waals surface area contributed by atoms with Crippen LogP contribution in [-0.2, 0) is 19.1 Å². The first kappa shape index (κ1) is 19.2. The molecule has 1 aliphatic heterocycles. The minimum Gasteiger partial charge on any atom is -0.495 e. The van der Waals surface area contributed by atoms with E-state index in [-0.39, 0.29) is 18.9 Å². The molecular weight excluding hydrogens is 342 g/mol. The summed E-state index contributed by atoms with van der Waals surface area (Å²) in [5.41, 5.74) is 1.54. The molecule has 1 aromatic carbocycles. The molecule has 2 rings (SSSR count). The summed E-state index contributed by atoms with van der Waals surface area (Å²) in [7, 11) is 2.86. The lowest BCUT2D eigenvalue weighted by molar-refractivity contribution is -0.152. The number of hydrogen-bond acceptors (Lipinski definition) is 6. The van der Waals surface area contributed by atoms with Gasteiger partial charge in [-0.05, 0) is 24.6 Å². The van der Waals surface area contributed by atoms with Crippen LogP contribution >= 0.6 is 0 Å². The van der Waals surface area contributed by atoms with Crippen molar-refractivity contribution in [2.45, 2.75) is 13.3 Å². The van der Waals surface area contributed by atoms with E-state index in [0.29, 0.717) is 11.4 Å². The van der Waals surface area contributed by atoms with Crippen molar-refractivity contribution in [2.75, 3.05) is 32.2 Å². The molecular formula is C17H21N3O6. The summed E-state index contributed by atoms with van der Waals surface area (Å²) in [5, 5.41) is 4.19. The number of hydrogen-bond donors (Lipinski definition) is 2. The van der Waals surface area contributed by atoms with Gasteiger partial charge in [-0.3, -0.25) is 19.7 Å². The first-order chi connectivity index (χ1) is 12.3. The molecule has 1 heterocycles. The summed E-state index contributed by atoms with van der Waals surface area (Å²) in [6.07, 6.45) is -0.0208. The summed E-state index contributed by atoms with van der Waals surface area (Å²) in [4.78, 5) is 48.4. The third-order valence-electron chi connectivity index (χ3n) is 3.91. The number of methoxy groups -OCH3 is 1. The monoisotopic (exact) mass is 363 g/mol. The fraction of sp³-hybridized carbons (Fsp3) is 0.412. The number of carbonyl (C=O) groups excluding carboxylic acids is 4. The van der Waals surface area contributed by atoms with Crippen molar-refractivity contribution >= 4 is 29.5 Å². The van der Waals surface area contributed by atoms with Gasteiger partial charge in [-0.25, -0.2) is 4.79 Å². The van der Waals surface area contributed by atoms with E-state index in [4.69, 9.17) is 9.47 Å². The fourth-order valence-electron chi connectivity index (χ4n) is 2.59. The minimum absolute atomic E-state index is 0.0208. The molecule has 1 fully saturated rings. The van der Waals surface area contributed by atoms with Crippen LogP contribution in [0, 0.1) is 12.8 Å². The smallest absolute Gasteiger partial charge is 0.321 e. The molecule has 1 aliphatic rings. The number of nitrogens with one attached hydrogen (secondary N) is 2. The highest BCUT2D eigenvalue weighted by molar-refractivity contribution is 6.01. The van der Waals surface area contributed by atoms with Crippen molar-refractivity contribution in [3.8, 4) is 5.75 Å². The van der Waals surface area contributed by atoms with Crippen molar-refractivity contribution in [3.63, 3.8) is 0 Å². The number of benzene rings is 1. The Morgan fingerprint density at radius 1 is 1.31 bits per heavy atom. The SMILES string of the molecule is CNC(=O)NC(=O)COC(=O)[C@H]1CC(=O)N(c2cc(C)ccc2OC)C1. The number of rotatable bonds is 5. The molecule has 26 heavy (non-hydrogen) atoms. The predicted molar refractivity (Wildman–Crippen MR) is 91.7 cm³/mol. The zero-order valence-corrected chi connectivity index (χ0v) is 14.8. The lowest BCUT2D eigenvalue weighted by Gasteiger charge is -2.20. The molecule has 2 N–H and O–H groups in total. The second-order valence-corrected chi connectivity index (χ2v) is 5.82. The van der Waals surface area contributed by atoms with Crippen molar-refractivity contribution in [3.05, 3.63) is 23.8 Å². The van der Waals surface area contributed by atoms with Crippen LogP contribution in [-0.4, -0.2) is 51.1 Å². The van der Waals surface area contributed by atoms with Gasteiger partial charge in [-0.1, -0.05) is 6.07 Å². The Labute approximate surface area is 150 Å². The minimum atomic E-state index is -0.751. The number of imide groups is 1. The molecule has 0 bridgehead atoms. The van der Waals surface area contributed by atoms with Gasteiger partial charge in [0.1, 0.15) is 5.75 Å². The van der Waals surface area contributed by atoms with Crippen LogP contribution in [0.25, 0.3) is 0 Å². The average molecular weight is 363 g/mol. The maximum atomic E-state index is 12.3. The van der Waals surface area contributed by atoms with Crippen LogP contribution < -0.4 is 20.3 Å². The predicted octanol–water partition coefficient (Wildman–Crippen LogP) is 0.355. The number of anilines is 1. The maximum absolute atomic E-state index is 12.3. The highest BCUT2D eigenvalue weighted by Crippen LogP contribution is 2.34. The van der Waals surface area contributed by atoms with Crippen molar-refractivity contribution in [1.29, 1.82) is 0 Å². The van der Waals surface area contributed by atoms with Gasteiger partial charge in [0.05, 0.1) is 18.7 Å². The van der Waals surface area contributed by atoms with Gasteiger partial charge in [-0.2, -0.15) is 0 Å². The molecule has 140 valence electrons. The zero-order valence-electron chi connectivity index (χ0n) is 14.8. The van der Waals surface area contributed by atoms with E-state index in [1.807, 2.05) is 18.3 Å². The number of amides is 4. The second-order valence-electron chi connectivity index (χ2n) is 5.82. The number of urea groups is 1. The van der Waals surface area contributed by atoms with Crippen LogP contribution in [0.5, 0.6) is 5.75 Å². The summed E-state index contributed by atoms with van der Waals surface area (Å²) in [6, 6.07) is 4.73. The van der Waals surface area contributed by atoms with Gasteiger partial charge in [0.25, 0.3) is 5.91 Å². The third-order valence-corrected chi connectivity index (χ3v) is 3.91. The Morgan fingerprint density at radius 3 is 2.69 bits per heavy atom. The molecule has 0 spiro atoms. The van der Waals surface area contributed by atoms with Gasteiger partial charge in [0, 0.05) is 20.0 Å². The first-order valence-electron chi connectivity index (χ1n) is 7.99. The Bertz CT molecular complexity index is 733. The van der Waals surface area contributed by atoms with Crippen LogP contribution in [0.4, 0.5) is 10.5 Å². The van der Waals surface area contributed by atoms with Crippen LogP contribution in [0.3, 0.4) is 0 Å². The standard InChI is InChI=1S/C17H21N3O6/c1-10-4-5-13(25-3)12(6-10)20-8-11(7-15(20)22)16(23)26-9-14(21)19-17(24)18-2/h4-6,11H,7-9H2,1-3H3,(H2,18,19,21,24)/t11-/m0/s1. The van der Waals surface area contributed by atoms with E-state index >= 15 is 0 Å². The zero-order chi connectivity index (χ0) is 19.3. The van der Waals surface area contributed by atoms with Crippen LogP contribution in [0.1, 0.15) is 12.0 Å². The molecule has 0 radical (unpaired) electrons. The Morgan fingerprint density at radius 2 is 2.04 bits per heavy atom. The molecule has 9 nitrogen and oxygen atoms in total. The number of esters is 1. The summed E-state index contributed by atoms with van der Waals surface area (Å²) in [5.74, 6) is -1.81. The van der Waals surface area contributed by atoms with E-state index in [9.17, 15) is 19.2 Å². The molecule has 1 saturated heterocycles. The Hall–Kier alpha value is -3.10. The van der Waals surface area contributed by atoms with E-state index in [1.165, 1.54) is 19.1 Å². The number of carbonyl (C=O) groups is 4. The number of aryl methyl sites for hydroxylation is 1. The van der Waals surface area contributed by atoms with Gasteiger partial charge in [0.2, 0.25) is 5.91 Å². The molecule has 0 unspecified atom stereocenters. The molecule has 4 amide bonds. The highest BCUT2D eigenvalue weighted by atomic mass is 16.5. The number of nitrogens with zero attached hydrogens (tertiary/aromatic N) is 1. The van der Waals surface area contributed by atoms with Gasteiger partial charge in [-0.15, -0.1) is 0 Å². The molecule has 1 atom stereocenters. The molecule has 1 aromatic rings. The topological polar surface area (TPSA) is 114 Å². The number of ether oxygens (including phenoxy) is 2. The van der Waals surface area contributed by atoms with Crippen LogP contribution in [0.2, 0.25) is 0 Å². The Kier molecular flexibility index (Phi) is 6.16. The lowest BCUT2D eigenvalue weighted by Crippen LogP contribution is -2.40. The quantitative estimate of drug-likeness (QED) is 0.730. The molecule has 0 aliphatic carbocycles. The van der Waals surface area contributed by atoms with Gasteiger partial charge < -0.3 is 19.7 Å².